The molecule has 1 heterocycles. The SMILES string of the molecule is C=C1NC(=O)NC(C(=O)N[C@H](C)COc2c(Cl)ccc(Cl)c2Cl)=C1N. The van der Waals surface area contributed by atoms with Crippen LogP contribution in [0.25, 0.3) is 0 Å². The van der Waals surface area contributed by atoms with E-state index in [-0.39, 0.29) is 34.5 Å². The summed E-state index contributed by atoms with van der Waals surface area (Å²) in [5, 5.41) is 8.10. The molecule has 0 fully saturated rings. The van der Waals surface area contributed by atoms with Gasteiger partial charge in [-0.25, -0.2) is 4.79 Å². The van der Waals surface area contributed by atoms with E-state index in [2.05, 4.69) is 22.5 Å². The fourth-order valence-corrected chi connectivity index (χ4v) is 2.56. The Kier molecular flexibility index (Phi) is 6.05. The van der Waals surface area contributed by atoms with E-state index >= 15 is 0 Å². The molecule has 1 aliphatic rings. The van der Waals surface area contributed by atoms with E-state index in [0.29, 0.717) is 10.0 Å². The Labute approximate surface area is 159 Å². The number of nitrogens with one attached hydrogen (secondary N) is 3. The third kappa shape index (κ3) is 4.50. The van der Waals surface area contributed by atoms with Crippen molar-refractivity contribution in [1.82, 2.24) is 16.0 Å². The Balaban J connectivity index is 2.01. The van der Waals surface area contributed by atoms with E-state index < -0.39 is 18.0 Å². The Hall–Kier alpha value is -2.09. The normalized spacial score (nSPS) is 15.4. The van der Waals surface area contributed by atoms with Gasteiger partial charge in [-0.1, -0.05) is 41.4 Å². The summed E-state index contributed by atoms with van der Waals surface area (Å²) in [5.41, 5.74) is 5.86. The van der Waals surface area contributed by atoms with Crippen molar-refractivity contribution >= 4 is 46.7 Å². The van der Waals surface area contributed by atoms with Crippen molar-refractivity contribution in [2.45, 2.75) is 13.0 Å². The molecule has 1 atom stereocenters. The van der Waals surface area contributed by atoms with Crippen LogP contribution < -0.4 is 26.4 Å². The first-order valence-corrected chi connectivity index (χ1v) is 8.18. The van der Waals surface area contributed by atoms with Crippen LogP contribution in [0.4, 0.5) is 4.79 Å². The average Bonchev–Trinajstić information content (AvgIpc) is 2.54. The summed E-state index contributed by atoms with van der Waals surface area (Å²) in [4.78, 5) is 23.7. The maximum Gasteiger partial charge on any atom is 0.323 e. The Morgan fingerprint density at radius 2 is 1.96 bits per heavy atom. The van der Waals surface area contributed by atoms with Crippen molar-refractivity contribution in [3.8, 4) is 5.75 Å². The van der Waals surface area contributed by atoms with Gasteiger partial charge in [-0.3, -0.25) is 4.79 Å². The Morgan fingerprint density at radius 3 is 2.64 bits per heavy atom. The predicted molar refractivity (Wildman–Crippen MR) is 96.6 cm³/mol. The molecule has 1 aliphatic heterocycles. The van der Waals surface area contributed by atoms with Crippen LogP contribution in [0.1, 0.15) is 6.92 Å². The lowest BCUT2D eigenvalue weighted by molar-refractivity contribution is -0.118. The van der Waals surface area contributed by atoms with Crippen molar-refractivity contribution in [2.24, 2.45) is 5.73 Å². The Bertz CT molecular complexity index is 780. The zero-order valence-corrected chi connectivity index (χ0v) is 15.4. The number of ether oxygens (including phenoxy) is 1. The van der Waals surface area contributed by atoms with Gasteiger partial charge in [0, 0.05) is 0 Å². The first-order chi connectivity index (χ1) is 11.7. The first-order valence-electron chi connectivity index (χ1n) is 7.05. The molecular weight excluding hydrogens is 391 g/mol. The lowest BCUT2D eigenvalue weighted by atomic mass is 10.2. The quantitative estimate of drug-likeness (QED) is 0.565. The van der Waals surface area contributed by atoms with Gasteiger partial charge in [0.05, 0.1) is 27.5 Å². The fourth-order valence-electron chi connectivity index (χ4n) is 1.93. The molecule has 134 valence electrons. The minimum Gasteiger partial charge on any atom is -0.488 e. The predicted octanol–water partition coefficient (Wildman–Crippen LogP) is 2.53. The summed E-state index contributed by atoms with van der Waals surface area (Å²) in [6.07, 6.45) is 0. The van der Waals surface area contributed by atoms with Gasteiger partial charge < -0.3 is 26.4 Å². The summed E-state index contributed by atoms with van der Waals surface area (Å²) in [6, 6.07) is 2.06. The molecule has 3 amide bonds. The van der Waals surface area contributed by atoms with Crippen LogP contribution in [0.3, 0.4) is 0 Å². The van der Waals surface area contributed by atoms with Gasteiger partial charge in [0.1, 0.15) is 17.3 Å². The number of benzene rings is 1. The standard InChI is InChI=1S/C15H15Cl3N4O3/c1-6(5-25-13-9(17)4-3-8(16)10(13)18)20-14(23)12-11(19)7(2)21-15(24)22-12/h3-4,6H,2,5,19H2,1H3,(H,20,23)(H2,21,22,24)/t6-/m1/s1. The smallest absolute Gasteiger partial charge is 0.323 e. The van der Waals surface area contributed by atoms with E-state index in [0.717, 1.165) is 0 Å². The van der Waals surface area contributed by atoms with E-state index in [1.165, 1.54) is 0 Å². The summed E-state index contributed by atoms with van der Waals surface area (Å²) in [7, 11) is 0. The molecule has 0 saturated carbocycles. The number of amides is 3. The number of nitrogens with two attached hydrogens (primary N) is 1. The van der Waals surface area contributed by atoms with E-state index in [1.807, 2.05) is 0 Å². The number of hydrogen-bond donors (Lipinski definition) is 4. The highest BCUT2D eigenvalue weighted by Gasteiger charge is 2.25. The molecule has 1 aromatic carbocycles. The third-order valence-corrected chi connectivity index (χ3v) is 4.27. The minimum atomic E-state index is -0.592. The highest BCUT2D eigenvalue weighted by atomic mass is 35.5. The van der Waals surface area contributed by atoms with E-state index in [1.54, 1.807) is 19.1 Å². The van der Waals surface area contributed by atoms with Crippen LogP contribution in [0.2, 0.25) is 15.1 Å². The summed E-state index contributed by atoms with van der Waals surface area (Å²) < 4.78 is 5.54. The van der Waals surface area contributed by atoms with Crippen LogP contribution in [0.5, 0.6) is 5.75 Å². The van der Waals surface area contributed by atoms with Gasteiger partial charge in [-0.15, -0.1) is 0 Å². The molecule has 0 bridgehead atoms. The van der Waals surface area contributed by atoms with Crippen LogP contribution in [-0.4, -0.2) is 24.6 Å². The summed E-state index contributed by atoms with van der Waals surface area (Å²) >= 11 is 18.0. The van der Waals surface area contributed by atoms with Crippen LogP contribution >= 0.6 is 34.8 Å². The highest BCUT2D eigenvalue weighted by molar-refractivity contribution is 6.44. The second-order valence-electron chi connectivity index (χ2n) is 5.20. The number of hydrogen-bond acceptors (Lipinski definition) is 4. The van der Waals surface area contributed by atoms with E-state index in [4.69, 9.17) is 45.3 Å². The van der Waals surface area contributed by atoms with Crippen molar-refractivity contribution in [1.29, 1.82) is 0 Å². The highest BCUT2D eigenvalue weighted by Crippen LogP contribution is 2.37. The molecule has 5 N–H and O–H groups in total. The molecule has 10 heteroatoms. The molecule has 1 aromatic rings. The Morgan fingerprint density at radius 1 is 1.32 bits per heavy atom. The summed E-state index contributed by atoms with van der Waals surface area (Å²) in [5.74, 6) is -0.355. The minimum absolute atomic E-state index is 0.0474. The molecule has 0 radical (unpaired) electrons. The van der Waals surface area contributed by atoms with Gasteiger partial charge >= 0.3 is 6.03 Å². The number of rotatable bonds is 5. The zero-order chi connectivity index (χ0) is 18.7. The van der Waals surface area contributed by atoms with Crippen LogP contribution in [0, 0.1) is 0 Å². The molecule has 2 rings (SSSR count). The lowest BCUT2D eigenvalue weighted by Crippen LogP contribution is -2.49. The molecule has 7 nitrogen and oxygen atoms in total. The van der Waals surface area contributed by atoms with Crippen molar-refractivity contribution in [3.63, 3.8) is 0 Å². The second kappa shape index (κ2) is 7.86. The summed E-state index contributed by atoms with van der Waals surface area (Å²) in [6.45, 7) is 5.31. The van der Waals surface area contributed by atoms with Crippen molar-refractivity contribution in [2.75, 3.05) is 6.61 Å². The van der Waals surface area contributed by atoms with Gasteiger partial charge in [-0.05, 0) is 19.1 Å². The second-order valence-corrected chi connectivity index (χ2v) is 6.40. The van der Waals surface area contributed by atoms with Crippen LogP contribution in [-0.2, 0) is 4.79 Å². The van der Waals surface area contributed by atoms with Gasteiger partial charge in [-0.2, -0.15) is 0 Å². The van der Waals surface area contributed by atoms with Gasteiger partial charge in [0.2, 0.25) is 0 Å². The van der Waals surface area contributed by atoms with Gasteiger partial charge in [0.25, 0.3) is 5.91 Å². The molecule has 0 spiro atoms. The molecule has 0 saturated heterocycles. The molecule has 0 aliphatic carbocycles. The van der Waals surface area contributed by atoms with Crippen LogP contribution in [0.15, 0.2) is 35.8 Å². The monoisotopic (exact) mass is 404 g/mol. The first kappa shape index (κ1) is 19.2. The number of carbonyl (C=O) groups excluding carboxylic acids is 2. The molecule has 25 heavy (non-hydrogen) atoms. The maximum atomic E-state index is 12.2. The largest absolute Gasteiger partial charge is 0.488 e. The van der Waals surface area contributed by atoms with E-state index in [9.17, 15) is 9.59 Å². The number of carbonyl (C=O) groups is 2. The molecule has 0 unspecified atom stereocenters. The number of halogens is 3. The molecular formula is C15H15Cl3N4O3. The van der Waals surface area contributed by atoms with Gasteiger partial charge in [0.15, 0.2) is 5.75 Å². The van der Waals surface area contributed by atoms with Crippen molar-refractivity contribution in [3.05, 3.63) is 50.9 Å². The third-order valence-electron chi connectivity index (χ3n) is 3.18. The fraction of sp³-hybridized carbons (Fsp3) is 0.200. The zero-order valence-electron chi connectivity index (χ0n) is 13.1. The molecule has 0 aromatic heterocycles. The average molecular weight is 406 g/mol. The maximum absolute atomic E-state index is 12.2. The van der Waals surface area contributed by atoms with Crippen molar-refractivity contribution < 1.29 is 14.3 Å². The lowest BCUT2D eigenvalue weighted by Gasteiger charge is -2.22. The topological polar surface area (TPSA) is 105 Å². The number of urea groups is 1.